The lowest BCUT2D eigenvalue weighted by molar-refractivity contribution is 0.0689. The molecule has 126 valence electrons. The van der Waals surface area contributed by atoms with E-state index in [2.05, 4.69) is 21.3 Å². The van der Waals surface area contributed by atoms with E-state index < -0.39 is 11.9 Å². The summed E-state index contributed by atoms with van der Waals surface area (Å²) in [5, 5.41) is 15.9. The maximum Gasteiger partial charge on any atom is 0.339 e. The van der Waals surface area contributed by atoms with Crippen LogP contribution in [0.3, 0.4) is 0 Å². The summed E-state index contributed by atoms with van der Waals surface area (Å²) in [6.07, 6.45) is 0.806. The summed E-state index contributed by atoms with van der Waals surface area (Å²) in [5.74, 6) is -1.66. The zero-order valence-corrected chi connectivity index (χ0v) is 13.4. The average Bonchev–Trinajstić information content (AvgIpc) is 3.11. The third-order valence-corrected chi connectivity index (χ3v) is 4.22. The molecule has 3 unspecified atom stereocenters. The number of aromatic carboxylic acids is 1. The van der Waals surface area contributed by atoms with Crippen molar-refractivity contribution in [1.82, 2.24) is 25.9 Å². The highest BCUT2D eigenvalue weighted by molar-refractivity contribution is 6.03. The first-order valence-corrected chi connectivity index (χ1v) is 7.61. The van der Waals surface area contributed by atoms with Crippen LogP contribution in [0.2, 0.25) is 0 Å². The van der Waals surface area contributed by atoms with Crippen LogP contribution in [0.25, 0.3) is 0 Å². The lowest BCUT2D eigenvalue weighted by Crippen LogP contribution is -2.47. The number of aromatic nitrogens is 2. The molecular formula is C16H19N5O3. The summed E-state index contributed by atoms with van der Waals surface area (Å²) < 4.78 is 1.27. The molecule has 2 heterocycles. The highest BCUT2D eigenvalue weighted by atomic mass is 16.4. The van der Waals surface area contributed by atoms with E-state index in [-0.39, 0.29) is 29.4 Å². The van der Waals surface area contributed by atoms with E-state index >= 15 is 0 Å². The third-order valence-electron chi connectivity index (χ3n) is 4.22. The van der Waals surface area contributed by atoms with Gasteiger partial charge in [0.1, 0.15) is 17.4 Å². The Morgan fingerprint density at radius 3 is 2.62 bits per heavy atom. The Labute approximate surface area is 138 Å². The van der Waals surface area contributed by atoms with Crippen LogP contribution in [0.1, 0.15) is 39.3 Å². The van der Waals surface area contributed by atoms with Crippen LogP contribution in [0.5, 0.6) is 0 Å². The zero-order valence-electron chi connectivity index (χ0n) is 13.4. The monoisotopic (exact) mass is 329 g/mol. The van der Waals surface area contributed by atoms with Crippen LogP contribution >= 0.6 is 0 Å². The maximum absolute atomic E-state index is 12.6. The van der Waals surface area contributed by atoms with Crippen molar-refractivity contribution in [3.05, 3.63) is 53.3 Å². The molecule has 8 nitrogen and oxygen atoms in total. The number of hydrogen-bond donors (Lipinski definition) is 4. The van der Waals surface area contributed by atoms with Crippen LogP contribution in [0, 0.1) is 0 Å². The smallest absolute Gasteiger partial charge is 0.339 e. The van der Waals surface area contributed by atoms with Gasteiger partial charge in [0, 0.05) is 19.0 Å². The molecule has 2 aromatic rings. The van der Waals surface area contributed by atoms with Crippen LogP contribution in [-0.4, -0.2) is 39.0 Å². The Morgan fingerprint density at radius 1 is 1.25 bits per heavy atom. The van der Waals surface area contributed by atoms with Crippen molar-refractivity contribution in [3.8, 4) is 0 Å². The molecule has 0 aliphatic carbocycles. The Kier molecular flexibility index (Phi) is 4.32. The number of benzene rings is 1. The van der Waals surface area contributed by atoms with Crippen LogP contribution in [-0.2, 0) is 7.05 Å². The minimum absolute atomic E-state index is 0.0108. The normalized spacial score (nSPS) is 23.2. The molecule has 1 amide bonds. The molecule has 1 aliphatic rings. The first-order valence-electron chi connectivity index (χ1n) is 7.61. The Morgan fingerprint density at radius 2 is 1.96 bits per heavy atom. The molecule has 3 atom stereocenters. The summed E-state index contributed by atoms with van der Waals surface area (Å²) in [6, 6.07) is 9.94. The molecule has 0 bridgehead atoms. The summed E-state index contributed by atoms with van der Waals surface area (Å²) in [4.78, 5) is 23.8. The van der Waals surface area contributed by atoms with Crippen LogP contribution < -0.4 is 16.2 Å². The second kappa shape index (κ2) is 6.42. The molecule has 24 heavy (non-hydrogen) atoms. The van der Waals surface area contributed by atoms with E-state index in [1.54, 1.807) is 7.05 Å². The van der Waals surface area contributed by atoms with Crippen molar-refractivity contribution in [1.29, 1.82) is 0 Å². The summed E-state index contributed by atoms with van der Waals surface area (Å²) >= 11 is 0. The van der Waals surface area contributed by atoms with Gasteiger partial charge in [-0.05, 0) is 12.5 Å². The number of carbonyl (C=O) groups excluding carboxylic acids is 1. The zero-order chi connectivity index (χ0) is 17.3. The lowest BCUT2D eigenvalue weighted by Gasteiger charge is -2.22. The van der Waals surface area contributed by atoms with Crippen LogP contribution in [0.4, 0.5) is 0 Å². The highest BCUT2D eigenvalue weighted by Gasteiger charge is 2.36. The summed E-state index contributed by atoms with van der Waals surface area (Å²) in [7, 11) is 1.54. The molecule has 8 heteroatoms. The minimum Gasteiger partial charge on any atom is -0.478 e. The minimum atomic E-state index is -1.18. The number of nitrogens with zero attached hydrogens (tertiary/aromatic N) is 2. The maximum atomic E-state index is 12.6. The predicted molar refractivity (Wildman–Crippen MR) is 86.3 cm³/mol. The van der Waals surface area contributed by atoms with E-state index in [0.29, 0.717) is 0 Å². The van der Waals surface area contributed by atoms with Gasteiger partial charge in [-0.2, -0.15) is 5.10 Å². The summed E-state index contributed by atoms with van der Waals surface area (Å²) in [5.41, 5.74) is 7.16. The fourth-order valence-electron chi connectivity index (χ4n) is 3.04. The first kappa shape index (κ1) is 16.2. The third kappa shape index (κ3) is 2.89. The van der Waals surface area contributed by atoms with Crippen molar-refractivity contribution in [2.75, 3.05) is 0 Å². The van der Waals surface area contributed by atoms with E-state index in [1.165, 1.54) is 10.9 Å². The number of carboxylic acid groups (broad SMARTS) is 1. The largest absolute Gasteiger partial charge is 0.478 e. The van der Waals surface area contributed by atoms with Gasteiger partial charge in [0.05, 0.1) is 6.20 Å². The number of hydrogen-bond acceptors (Lipinski definition) is 5. The second-order valence-electron chi connectivity index (χ2n) is 5.80. The molecule has 0 saturated carbocycles. The van der Waals surface area contributed by atoms with Crippen molar-refractivity contribution >= 4 is 11.9 Å². The number of rotatable bonds is 4. The molecule has 1 saturated heterocycles. The van der Waals surface area contributed by atoms with Gasteiger partial charge in [0.25, 0.3) is 5.91 Å². The number of carbonyl (C=O) groups is 2. The molecule has 1 aromatic carbocycles. The number of nitrogens with one attached hydrogen (secondary N) is 3. The number of hydrazine groups is 1. The van der Waals surface area contributed by atoms with Gasteiger partial charge in [0.15, 0.2) is 0 Å². The lowest BCUT2D eigenvalue weighted by atomic mass is 9.91. The molecule has 0 spiro atoms. The Balaban J connectivity index is 1.84. The SMILES string of the molecule is CC1NNC(NC(=O)c2c(C(=O)O)cnn2C)C1c1ccccc1. The van der Waals surface area contributed by atoms with Gasteiger partial charge in [-0.3, -0.25) is 14.9 Å². The van der Waals surface area contributed by atoms with Gasteiger partial charge < -0.3 is 10.4 Å². The van der Waals surface area contributed by atoms with Crippen molar-refractivity contribution in [3.63, 3.8) is 0 Å². The first-order chi connectivity index (χ1) is 11.5. The van der Waals surface area contributed by atoms with Crippen LogP contribution in [0.15, 0.2) is 36.5 Å². The fourth-order valence-corrected chi connectivity index (χ4v) is 3.04. The molecule has 1 fully saturated rings. The molecule has 1 aliphatic heterocycles. The van der Waals surface area contributed by atoms with Gasteiger partial charge in [-0.1, -0.05) is 30.3 Å². The standard InChI is InChI=1S/C16H19N5O3/c1-9-12(10-6-4-3-5-7-10)14(20-19-9)18-15(22)13-11(16(23)24)8-17-21(13)2/h3-9,12,14,19-20H,1-2H3,(H,18,22)(H,23,24). The molecule has 4 N–H and O–H groups in total. The molecule has 0 radical (unpaired) electrons. The van der Waals surface area contributed by atoms with E-state index in [4.69, 9.17) is 0 Å². The Hall–Kier alpha value is -2.71. The van der Waals surface area contributed by atoms with Gasteiger partial charge in [-0.25, -0.2) is 10.2 Å². The van der Waals surface area contributed by atoms with E-state index in [9.17, 15) is 14.7 Å². The summed E-state index contributed by atoms with van der Waals surface area (Å²) in [6.45, 7) is 2.02. The van der Waals surface area contributed by atoms with Gasteiger partial charge >= 0.3 is 5.97 Å². The quantitative estimate of drug-likeness (QED) is 0.649. The average molecular weight is 329 g/mol. The topological polar surface area (TPSA) is 108 Å². The molecular weight excluding hydrogens is 310 g/mol. The molecule has 3 rings (SSSR count). The second-order valence-corrected chi connectivity index (χ2v) is 5.80. The van der Waals surface area contributed by atoms with Gasteiger partial charge in [-0.15, -0.1) is 0 Å². The van der Waals surface area contributed by atoms with Crippen molar-refractivity contribution < 1.29 is 14.7 Å². The van der Waals surface area contributed by atoms with Crippen molar-refractivity contribution in [2.24, 2.45) is 7.05 Å². The van der Waals surface area contributed by atoms with Crippen molar-refractivity contribution in [2.45, 2.75) is 25.0 Å². The number of aryl methyl sites for hydroxylation is 1. The van der Waals surface area contributed by atoms with Gasteiger partial charge in [0.2, 0.25) is 0 Å². The fraction of sp³-hybridized carbons (Fsp3) is 0.312. The van der Waals surface area contributed by atoms with E-state index in [0.717, 1.165) is 5.56 Å². The van der Waals surface area contributed by atoms with E-state index in [1.807, 2.05) is 37.3 Å². The predicted octanol–water partition coefficient (Wildman–Crippen LogP) is 0.454. The Bertz CT molecular complexity index is 758. The number of amides is 1. The highest BCUT2D eigenvalue weighted by Crippen LogP contribution is 2.26. The number of carboxylic acids is 1. The molecule has 1 aromatic heterocycles.